The third kappa shape index (κ3) is 3.64. The Morgan fingerprint density at radius 2 is 1.96 bits per heavy atom. The summed E-state index contributed by atoms with van der Waals surface area (Å²) < 4.78 is 5.48. The van der Waals surface area contributed by atoms with Crippen molar-refractivity contribution in [2.45, 2.75) is 52.0 Å². The van der Waals surface area contributed by atoms with E-state index in [0.29, 0.717) is 6.04 Å². The molecule has 3 heterocycles. The summed E-state index contributed by atoms with van der Waals surface area (Å²) in [4.78, 5) is 17.6. The first-order chi connectivity index (χ1) is 11.6. The zero-order valence-electron chi connectivity index (χ0n) is 15.2. The van der Waals surface area contributed by atoms with Gasteiger partial charge in [-0.1, -0.05) is 0 Å². The summed E-state index contributed by atoms with van der Waals surface area (Å²) in [5, 5.41) is 7.24. The molecule has 1 aromatic rings. The van der Waals surface area contributed by atoms with Crippen molar-refractivity contribution >= 4 is 5.91 Å². The molecule has 0 bridgehead atoms. The first-order valence-electron chi connectivity index (χ1n) is 9.20. The number of amides is 1. The van der Waals surface area contributed by atoms with Gasteiger partial charge in [0.2, 0.25) is 5.91 Å². The molecule has 24 heavy (non-hydrogen) atoms. The Morgan fingerprint density at radius 1 is 1.21 bits per heavy atom. The number of H-pyrrole nitrogens is 1. The van der Waals surface area contributed by atoms with Gasteiger partial charge in [0.15, 0.2) is 0 Å². The highest BCUT2D eigenvalue weighted by atomic mass is 16.5. The molecule has 1 atom stereocenters. The molecule has 6 nitrogen and oxygen atoms in total. The molecule has 3 rings (SSSR count). The number of aromatic amines is 1. The third-order valence-electron chi connectivity index (χ3n) is 5.54. The fourth-order valence-corrected chi connectivity index (χ4v) is 4.17. The van der Waals surface area contributed by atoms with Crippen LogP contribution in [0.4, 0.5) is 0 Å². The van der Waals surface area contributed by atoms with Crippen LogP contribution in [0.2, 0.25) is 0 Å². The molecule has 2 fully saturated rings. The van der Waals surface area contributed by atoms with Crippen molar-refractivity contribution < 1.29 is 9.53 Å². The van der Waals surface area contributed by atoms with Crippen LogP contribution in [0.15, 0.2) is 0 Å². The molecule has 0 saturated carbocycles. The van der Waals surface area contributed by atoms with Gasteiger partial charge < -0.3 is 9.64 Å². The lowest BCUT2D eigenvalue weighted by Gasteiger charge is -2.33. The van der Waals surface area contributed by atoms with E-state index < -0.39 is 0 Å². The van der Waals surface area contributed by atoms with Crippen molar-refractivity contribution in [2.75, 3.05) is 39.4 Å². The molecule has 1 aromatic heterocycles. The minimum Gasteiger partial charge on any atom is -0.381 e. The van der Waals surface area contributed by atoms with Crippen LogP contribution in [0.3, 0.4) is 0 Å². The van der Waals surface area contributed by atoms with Crippen molar-refractivity contribution in [2.24, 2.45) is 0 Å². The number of nitrogens with zero attached hydrogens (tertiary/aromatic N) is 3. The summed E-state index contributed by atoms with van der Waals surface area (Å²) in [5.41, 5.74) is 3.00. The summed E-state index contributed by atoms with van der Waals surface area (Å²) in [6.07, 6.45) is 3.30. The van der Waals surface area contributed by atoms with Crippen LogP contribution in [0.1, 0.15) is 49.1 Å². The molecule has 0 aliphatic carbocycles. The molecule has 0 radical (unpaired) electrons. The second-order valence-corrected chi connectivity index (χ2v) is 7.13. The summed E-state index contributed by atoms with van der Waals surface area (Å²) >= 11 is 0. The zero-order valence-corrected chi connectivity index (χ0v) is 15.2. The summed E-state index contributed by atoms with van der Waals surface area (Å²) in [5.74, 6) is 0.106. The molecule has 134 valence electrons. The second-order valence-electron chi connectivity index (χ2n) is 7.13. The largest absolute Gasteiger partial charge is 0.381 e. The van der Waals surface area contributed by atoms with Crippen molar-refractivity contribution in [1.29, 1.82) is 0 Å². The van der Waals surface area contributed by atoms with Gasteiger partial charge >= 0.3 is 0 Å². The van der Waals surface area contributed by atoms with Gasteiger partial charge in [-0.15, -0.1) is 0 Å². The number of rotatable bonds is 3. The van der Waals surface area contributed by atoms with Crippen molar-refractivity contribution in [3.05, 3.63) is 17.0 Å². The van der Waals surface area contributed by atoms with Gasteiger partial charge in [-0.05, 0) is 40.0 Å². The Morgan fingerprint density at radius 3 is 2.62 bits per heavy atom. The molecular formula is C18H30N4O2. The van der Waals surface area contributed by atoms with Gasteiger partial charge in [0.05, 0.1) is 11.6 Å². The molecule has 2 aliphatic rings. The van der Waals surface area contributed by atoms with E-state index in [1.54, 1.807) is 0 Å². The van der Waals surface area contributed by atoms with Crippen molar-refractivity contribution in [3.8, 4) is 0 Å². The van der Waals surface area contributed by atoms with Gasteiger partial charge in [-0.25, -0.2) is 0 Å². The minimum absolute atomic E-state index is 0.126. The molecular weight excluding hydrogens is 304 g/mol. The van der Waals surface area contributed by atoms with Gasteiger partial charge in [0, 0.05) is 56.7 Å². The SMILES string of the molecule is Cc1n[nH]c(C)c1C(C)C(=O)N1CCCN(C2CCOCC2)CC1. The summed E-state index contributed by atoms with van der Waals surface area (Å²) in [7, 11) is 0. The van der Waals surface area contributed by atoms with Gasteiger partial charge in [-0.3, -0.25) is 14.8 Å². The fourth-order valence-electron chi connectivity index (χ4n) is 4.17. The quantitative estimate of drug-likeness (QED) is 0.916. The number of carbonyl (C=O) groups is 1. The minimum atomic E-state index is -0.126. The topological polar surface area (TPSA) is 61.5 Å². The first-order valence-corrected chi connectivity index (χ1v) is 9.20. The van der Waals surface area contributed by atoms with Gasteiger partial charge in [0.25, 0.3) is 0 Å². The summed E-state index contributed by atoms with van der Waals surface area (Å²) in [6, 6.07) is 0.629. The van der Waals surface area contributed by atoms with E-state index in [4.69, 9.17) is 4.74 Å². The zero-order chi connectivity index (χ0) is 17.1. The van der Waals surface area contributed by atoms with E-state index >= 15 is 0 Å². The number of hydrogen-bond acceptors (Lipinski definition) is 4. The maximum Gasteiger partial charge on any atom is 0.230 e. The third-order valence-corrected chi connectivity index (χ3v) is 5.54. The van der Waals surface area contributed by atoms with E-state index in [1.807, 2.05) is 20.8 Å². The summed E-state index contributed by atoms with van der Waals surface area (Å²) in [6.45, 7) is 11.5. The van der Waals surface area contributed by atoms with Crippen LogP contribution < -0.4 is 0 Å². The maximum absolute atomic E-state index is 13.0. The predicted molar refractivity (Wildman–Crippen MR) is 93.1 cm³/mol. The van der Waals surface area contributed by atoms with Crippen LogP contribution in [0.25, 0.3) is 0 Å². The van der Waals surface area contributed by atoms with Gasteiger partial charge in [0.1, 0.15) is 0 Å². The molecule has 2 aliphatic heterocycles. The average molecular weight is 334 g/mol. The number of aryl methyl sites for hydroxylation is 2. The predicted octanol–water partition coefficient (Wildman–Crippen LogP) is 1.84. The lowest BCUT2D eigenvalue weighted by molar-refractivity contribution is -0.132. The van der Waals surface area contributed by atoms with Crippen LogP contribution in [-0.4, -0.2) is 71.3 Å². The average Bonchev–Trinajstić information content (AvgIpc) is 2.80. The van der Waals surface area contributed by atoms with Crippen molar-refractivity contribution in [1.82, 2.24) is 20.0 Å². The Balaban J connectivity index is 1.62. The highest BCUT2D eigenvalue weighted by Crippen LogP contribution is 2.24. The van der Waals surface area contributed by atoms with E-state index in [9.17, 15) is 4.79 Å². The van der Waals surface area contributed by atoms with Crippen LogP contribution in [-0.2, 0) is 9.53 Å². The maximum atomic E-state index is 13.0. The lowest BCUT2D eigenvalue weighted by Crippen LogP contribution is -2.42. The monoisotopic (exact) mass is 334 g/mol. The Hall–Kier alpha value is -1.40. The molecule has 0 spiro atoms. The smallest absolute Gasteiger partial charge is 0.230 e. The molecule has 0 aromatic carbocycles. The van der Waals surface area contributed by atoms with Gasteiger partial charge in [-0.2, -0.15) is 5.10 Å². The molecule has 2 saturated heterocycles. The van der Waals surface area contributed by atoms with E-state index in [-0.39, 0.29) is 11.8 Å². The molecule has 6 heteroatoms. The highest BCUT2D eigenvalue weighted by molar-refractivity contribution is 5.84. The standard InChI is InChI=1S/C18H30N4O2/c1-13(17-14(2)19-20-15(17)3)18(23)22-8-4-7-21(9-10-22)16-5-11-24-12-6-16/h13,16H,4-12H2,1-3H3,(H,19,20). The Bertz CT molecular complexity index is 546. The van der Waals surface area contributed by atoms with E-state index in [1.165, 1.54) is 0 Å². The Kier molecular flexibility index (Phi) is 5.56. The number of hydrogen-bond donors (Lipinski definition) is 1. The number of nitrogens with one attached hydrogen (secondary N) is 1. The molecule has 1 unspecified atom stereocenters. The van der Waals surface area contributed by atoms with Crippen LogP contribution in [0, 0.1) is 13.8 Å². The first kappa shape index (κ1) is 17.4. The number of ether oxygens (including phenoxy) is 1. The number of aromatic nitrogens is 2. The van der Waals surface area contributed by atoms with Crippen molar-refractivity contribution in [3.63, 3.8) is 0 Å². The fraction of sp³-hybridized carbons (Fsp3) is 0.778. The highest BCUT2D eigenvalue weighted by Gasteiger charge is 2.29. The molecule has 1 N–H and O–H groups in total. The number of carbonyl (C=O) groups excluding carboxylic acids is 1. The van der Waals surface area contributed by atoms with Crippen LogP contribution in [0.5, 0.6) is 0 Å². The van der Waals surface area contributed by atoms with Crippen LogP contribution >= 0.6 is 0 Å². The van der Waals surface area contributed by atoms with E-state index in [2.05, 4.69) is 20.0 Å². The second kappa shape index (κ2) is 7.66. The molecule has 1 amide bonds. The Labute approximate surface area is 144 Å². The van der Waals surface area contributed by atoms with E-state index in [0.717, 1.165) is 75.6 Å². The lowest BCUT2D eigenvalue weighted by atomic mass is 9.97. The normalized spacial score (nSPS) is 22.4.